The molecule has 0 spiro atoms. The number of aliphatic hydroxyl groups excluding tert-OH is 1. The molecule has 96 valence electrons. The van der Waals surface area contributed by atoms with Crippen LogP contribution in [0.3, 0.4) is 0 Å². The van der Waals surface area contributed by atoms with E-state index in [1.807, 2.05) is 11.8 Å². The van der Waals surface area contributed by atoms with Gasteiger partial charge in [0.2, 0.25) is 0 Å². The molecule has 16 heavy (non-hydrogen) atoms. The molecule has 6 heteroatoms. The molecule has 0 amide bonds. The van der Waals surface area contributed by atoms with Crippen LogP contribution >= 0.6 is 11.8 Å². The second-order valence-corrected chi connectivity index (χ2v) is 7.64. The van der Waals surface area contributed by atoms with E-state index in [0.29, 0.717) is 18.7 Å². The SMILES string of the molecule is CCC(O)CN1CCSCC1S(=O)(=O)CC. The van der Waals surface area contributed by atoms with Crippen molar-refractivity contribution in [3.63, 3.8) is 0 Å². The third kappa shape index (κ3) is 3.61. The molecule has 2 atom stereocenters. The van der Waals surface area contributed by atoms with E-state index in [4.69, 9.17) is 0 Å². The van der Waals surface area contributed by atoms with Gasteiger partial charge in [-0.3, -0.25) is 4.90 Å². The third-order valence-electron chi connectivity index (χ3n) is 2.92. The lowest BCUT2D eigenvalue weighted by Gasteiger charge is -2.35. The Morgan fingerprint density at radius 2 is 2.19 bits per heavy atom. The summed E-state index contributed by atoms with van der Waals surface area (Å²) in [5.74, 6) is 1.76. The van der Waals surface area contributed by atoms with E-state index in [1.54, 1.807) is 18.7 Å². The van der Waals surface area contributed by atoms with Gasteiger partial charge in [0.25, 0.3) is 0 Å². The molecule has 0 aliphatic carbocycles. The molecule has 1 saturated heterocycles. The van der Waals surface area contributed by atoms with Crippen LogP contribution in [0.5, 0.6) is 0 Å². The molecule has 0 bridgehead atoms. The highest BCUT2D eigenvalue weighted by molar-refractivity contribution is 8.01. The van der Waals surface area contributed by atoms with Gasteiger partial charge in [0.05, 0.1) is 6.10 Å². The summed E-state index contributed by atoms with van der Waals surface area (Å²) in [6.07, 6.45) is 0.250. The van der Waals surface area contributed by atoms with Gasteiger partial charge in [-0.2, -0.15) is 11.8 Å². The predicted molar refractivity (Wildman–Crippen MR) is 68.4 cm³/mol. The summed E-state index contributed by atoms with van der Waals surface area (Å²) in [4.78, 5) is 1.92. The average Bonchev–Trinajstić information content (AvgIpc) is 2.29. The molecule has 0 radical (unpaired) electrons. The van der Waals surface area contributed by atoms with Crippen LogP contribution in [0.15, 0.2) is 0 Å². The van der Waals surface area contributed by atoms with E-state index in [9.17, 15) is 13.5 Å². The van der Waals surface area contributed by atoms with E-state index in [-0.39, 0.29) is 5.75 Å². The third-order valence-corrected chi connectivity index (χ3v) is 6.26. The minimum absolute atomic E-state index is 0.178. The van der Waals surface area contributed by atoms with E-state index < -0.39 is 21.3 Å². The Bertz CT molecular complexity index is 305. The molecule has 1 aliphatic heterocycles. The standard InChI is InChI=1S/C10H21NO3S2/c1-3-9(12)7-11-5-6-15-8-10(11)16(13,14)4-2/h9-10,12H,3-8H2,1-2H3. The highest BCUT2D eigenvalue weighted by atomic mass is 32.2. The zero-order chi connectivity index (χ0) is 12.2. The lowest BCUT2D eigenvalue weighted by molar-refractivity contribution is 0.107. The minimum Gasteiger partial charge on any atom is -0.392 e. The second-order valence-electron chi connectivity index (χ2n) is 4.04. The van der Waals surface area contributed by atoms with Crippen molar-refractivity contribution in [1.82, 2.24) is 4.90 Å². The average molecular weight is 267 g/mol. The summed E-state index contributed by atoms with van der Waals surface area (Å²) in [6.45, 7) is 4.82. The lowest BCUT2D eigenvalue weighted by Crippen LogP contribution is -2.50. The fraction of sp³-hybridized carbons (Fsp3) is 1.00. The maximum Gasteiger partial charge on any atom is 0.166 e. The van der Waals surface area contributed by atoms with E-state index >= 15 is 0 Å². The quantitative estimate of drug-likeness (QED) is 0.789. The number of hydrogen-bond acceptors (Lipinski definition) is 5. The number of β-amino-alcohol motifs (C(OH)–C–C–N with tert-alkyl or cyclic N) is 1. The van der Waals surface area contributed by atoms with Crippen LogP contribution in [0.25, 0.3) is 0 Å². The summed E-state index contributed by atoms with van der Waals surface area (Å²) in [5, 5.41) is 9.22. The number of sulfone groups is 1. The van der Waals surface area contributed by atoms with Gasteiger partial charge in [-0.25, -0.2) is 8.42 Å². The summed E-state index contributed by atoms with van der Waals surface area (Å²) < 4.78 is 23.8. The first-order chi connectivity index (χ1) is 7.51. The molecule has 0 aromatic carbocycles. The van der Waals surface area contributed by atoms with Gasteiger partial charge in [-0.1, -0.05) is 13.8 Å². The largest absolute Gasteiger partial charge is 0.392 e. The van der Waals surface area contributed by atoms with Crippen LogP contribution < -0.4 is 0 Å². The normalized spacial score (nSPS) is 25.6. The van der Waals surface area contributed by atoms with Crippen molar-refractivity contribution >= 4 is 21.6 Å². The maximum absolute atomic E-state index is 11.9. The number of aliphatic hydroxyl groups is 1. The van der Waals surface area contributed by atoms with Gasteiger partial charge in [-0.05, 0) is 6.42 Å². The molecule has 4 nitrogen and oxygen atoms in total. The van der Waals surface area contributed by atoms with Crippen molar-refractivity contribution in [3.8, 4) is 0 Å². The Hall–Kier alpha value is 0.220. The van der Waals surface area contributed by atoms with Crippen molar-refractivity contribution < 1.29 is 13.5 Å². The Kier molecular flexibility index (Phi) is 5.56. The molecule has 1 fully saturated rings. The highest BCUT2D eigenvalue weighted by Crippen LogP contribution is 2.21. The molecule has 1 aliphatic rings. The molecule has 1 rings (SSSR count). The van der Waals surface area contributed by atoms with Crippen molar-refractivity contribution in [2.24, 2.45) is 0 Å². The van der Waals surface area contributed by atoms with Gasteiger partial charge < -0.3 is 5.11 Å². The molecule has 1 N–H and O–H groups in total. The van der Waals surface area contributed by atoms with Crippen LogP contribution in [-0.2, 0) is 9.84 Å². The van der Waals surface area contributed by atoms with E-state index in [1.165, 1.54) is 0 Å². The van der Waals surface area contributed by atoms with Crippen molar-refractivity contribution in [2.75, 3.05) is 30.3 Å². The zero-order valence-corrected chi connectivity index (χ0v) is 11.6. The molecule has 0 aromatic rings. The summed E-state index contributed by atoms with van der Waals surface area (Å²) in [6, 6.07) is 0. The Morgan fingerprint density at radius 1 is 1.50 bits per heavy atom. The Balaban J connectivity index is 2.71. The minimum atomic E-state index is -3.03. The van der Waals surface area contributed by atoms with Crippen molar-refractivity contribution in [3.05, 3.63) is 0 Å². The molecule has 0 aromatic heterocycles. The molecule has 2 unspecified atom stereocenters. The lowest BCUT2D eigenvalue weighted by atomic mass is 10.2. The number of rotatable bonds is 5. The number of nitrogens with zero attached hydrogens (tertiary/aromatic N) is 1. The summed E-state index contributed by atoms with van der Waals surface area (Å²) >= 11 is 1.68. The Labute approximate surface area is 102 Å². The molecule has 1 heterocycles. The first kappa shape index (κ1) is 14.3. The molecular formula is C10H21NO3S2. The van der Waals surface area contributed by atoms with Gasteiger partial charge in [-0.15, -0.1) is 0 Å². The fourth-order valence-corrected chi connectivity index (χ4v) is 4.84. The van der Waals surface area contributed by atoms with Crippen LogP contribution in [0.4, 0.5) is 0 Å². The van der Waals surface area contributed by atoms with Gasteiger partial charge in [0.1, 0.15) is 5.37 Å². The van der Waals surface area contributed by atoms with Gasteiger partial charge in [0, 0.05) is 30.3 Å². The molecular weight excluding hydrogens is 246 g/mol. The number of thioether (sulfide) groups is 1. The number of hydrogen-bond donors (Lipinski definition) is 1. The second kappa shape index (κ2) is 6.23. The fourth-order valence-electron chi connectivity index (χ4n) is 1.75. The van der Waals surface area contributed by atoms with Crippen LogP contribution in [-0.4, -0.2) is 60.3 Å². The monoisotopic (exact) mass is 267 g/mol. The topological polar surface area (TPSA) is 57.6 Å². The van der Waals surface area contributed by atoms with Gasteiger partial charge in [0.15, 0.2) is 9.84 Å². The van der Waals surface area contributed by atoms with Crippen molar-refractivity contribution in [1.29, 1.82) is 0 Å². The first-order valence-electron chi connectivity index (χ1n) is 5.72. The van der Waals surface area contributed by atoms with E-state index in [0.717, 1.165) is 12.3 Å². The molecule has 0 saturated carbocycles. The Morgan fingerprint density at radius 3 is 2.75 bits per heavy atom. The maximum atomic E-state index is 11.9. The van der Waals surface area contributed by atoms with Crippen LogP contribution in [0, 0.1) is 0 Å². The summed E-state index contributed by atoms with van der Waals surface area (Å²) in [5.41, 5.74) is 0. The first-order valence-corrected chi connectivity index (χ1v) is 8.59. The van der Waals surface area contributed by atoms with Gasteiger partial charge >= 0.3 is 0 Å². The van der Waals surface area contributed by atoms with Crippen LogP contribution in [0.2, 0.25) is 0 Å². The van der Waals surface area contributed by atoms with Crippen molar-refractivity contribution in [2.45, 2.75) is 31.7 Å². The highest BCUT2D eigenvalue weighted by Gasteiger charge is 2.33. The van der Waals surface area contributed by atoms with E-state index in [2.05, 4.69) is 0 Å². The zero-order valence-electron chi connectivity index (χ0n) is 9.92. The smallest absolute Gasteiger partial charge is 0.166 e. The predicted octanol–water partition coefficient (Wildman–Crippen LogP) is 0.567. The summed E-state index contributed by atoms with van der Waals surface area (Å²) in [7, 11) is -3.03. The van der Waals surface area contributed by atoms with Crippen LogP contribution in [0.1, 0.15) is 20.3 Å².